The van der Waals surface area contributed by atoms with Crippen molar-refractivity contribution in [3.63, 3.8) is 0 Å². The standard InChI is InChI=1S/C14H23N5/c1-3-12-17-13(15)9(2)14(18-12)16-11-8-19-6-4-10(11)5-7-19/h10-11H,3-8H2,1-2H3,(H3,15,16,17,18). The minimum absolute atomic E-state index is 0.514. The molecule has 5 heteroatoms. The third-order valence-corrected chi connectivity index (χ3v) is 4.52. The van der Waals surface area contributed by atoms with E-state index in [4.69, 9.17) is 5.73 Å². The van der Waals surface area contributed by atoms with E-state index in [9.17, 15) is 0 Å². The van der Waals surface area contributed by atoms with Crippen molar-refractivity contribution in [2.45, 2.75) is 39.2 Å². The van der Waals surface area contributed by atoms with Crippen LogP contribution in [0.2, 0.25) is 0 Å². The normalized spacial score (nSPS) is 29.5. The smallest absolute Gasteiger partial charge is 0.135 e. The Balaban J connectivity index is 1.81. The maximum atomic E-state index is 5.98. The first-order chi connectivity index (χ1) is 9.17. The van der Waals surface area contributed by atoms with Gasteiger partial charge in [0.25, 0.3) is 0 Å². The van der Waals surface area contributed by atoms with E-state index >= 15 is 0 Å². The summed E-state index contributed by atoms with van der Waals surface area (Å²) in [5.41, 5.74) is 6.96. The van der Waals surface area contributed by atoms with Crippen LogP contribution in [0.1, 0.15) is 31.2 Å². The molecule has 2 bridgehead atoms. The van der Waals surface area contributed by atoms with Gasteiger partial charge in [-0.25, -0.2) is 9.97 Å². The Kier molecular flexibility index (Phi) is 3.31. The second kappa shape index (κ2) is 4.96. The molecule has 0 aromatic carbocycles. The number of fused-ring (bicyclic) bond motifs is 3. The fourth-order valence-corrected chi connectivity index (χ4v) is 3.18. The van der Waals surface area contributed by atoms with Gasteiger partial charge in [0.15, 0.2) is 0 Å². The van der Waals surface area contributed by atoms with Crippen LogP contribution in [0.3, 0.4) is 0 Å². The highest BCUT2D eigenvalue weighted by Crippen LogP contribution is 2.30. The number of nitrogens with zero attached hydrogens (tertiary/aromatic N) is 3. The molecule has 3 aliphatic rings. The molecule has 1 atom stereocenters. The lowest BCUT2D eigenvalue weighted by Gasteiger charge is -2.45. The number of aryl methyl sites for hydroxylation is 1. The average molecular weight is 261 g/mol. The maximum Gasteiger partial charge on any atom is 0.135 e. The van der Waals surface area contributed by atoms with Gasteiger partial charge in [-0.05, 0) is 38.8 Å². The average Bonchev–Trinajstić information content (AvgIpc) is 2.45. The Hall–Kier alpha value is -1.36. The van der Waals surface area contributed by atoms with E-state index in [1.807, 2.05) is 6.92 Å². The van der Waals surface area contributed by atoms with Gasteiger partial charge in [-0.1, -0.05) is 6.92 Å². The van der Waals surface area contributed by atoms with Gasteiger partial charge in [0.05, 0.1) is 0 Å². The SMILES string of the molecule is CCc1nc(N)c(C)c(NC2CN3CCC2CC3)n1. The van der Waals surface area contributed by atoms with Crippen LogP contribution in [-0.4, -0.2) is 40.5 Å². The summed E-state index contributed by atoms with van der Waals surface area (Å²) >= 11 is 0. The largest absolute Gasteiger partial charge is 0.383 e. The van der Waals surface area contributed by atoms with Crippen LogP contribution < -0.4 is 11.1 Å². The Morgan fingerprint density at radius 1 is 1.32 bits per heavy atom. The van der Waals surface area contributed by atoms with Gasteiger partial charge in [-0.3, -0.25) is 0 Å². The molecule has 0 amide bonds. The zero-order valence-electron chi connectivity index (χ0n) is 11.8. The Labute approximate surface area is 114 Å². The van der Waals surface area contributed by atoms with Crippen LogP contribution in [0.5, 0.6) is 0 Å². The monoisotopic (exact) mass is 261 g/mol. The fourth-order valence-electron chi connectivity index (χ4n) is 3.18. The van der Waals surface area contributed by atoms with E-state index in [2.05, 4.69) is 27.1 Å². The first kappa shape index (κ1) is 12.7. The number of piperidine rings is 3. The molecule has 0 radical (unpaired) electrons. The van der Waals surface area contributed by atoms with Gasteiger partial charge in [0.1, 0.15) is 17.5 Å². The molecule has 0 aliphatic carbocycles. The zero-order chi connectivity index (χ0) is 13.4. The second-order valence-electron chi connectivity index (χ2n) is 5.74. The van der Waals surface area contributed by atoms with E-state index in [1.165, 1.54) is 25.9 Å². The number of nitrogen functional groups attached to an aromatic ring is 1. The predicted molar refractivity (Wildman–Crippen MR) is 77.1 cm³/mol. The van der Waals surface area contributed by atoms with E-state index in [0.29, 0.717) is 11.9 Å². The Bertz CT molecular complexity index is 465. The van der Waals surface area contributed by atoms with Gasteiger partial charge < -0.3 is 16.0 Å². The Morgan fingerprint density at radius 2 is 2.05 bits per heavy atom. The fraction of sp³-hybridized carbons (Fsp3) is 0.714. The summed E-state index contributed by atoms with van der Waals surface area (Å²) in [5.74, 6) is 3.15. The summed E-state index contributed by atoms with van der Waals surface area (Å²) in [6.45, 7) is 7.71. The minimum atomic E-state index is 0.514. The molecule has 3 aliphatic heterocycles. The Morgan fingerprint density at radius 3 is 2.63 bits per heavy atom. The molecule has 5 nitrogen and oxygen atoms in total. The lowest BCUT2D eigenvalue weighted by atomic mass is 9.84. The van der Waals surface area contributed by atoms with Crippen molar-refractivity contribution in [2.24, 2.45) is 5.92 Å². The summed E-state index contributed by atoms with van der Waals surface area (Å²) in [5, 5.41) is 3.62. The highest BCUT2D eigenvalue weighted by molar-refractivity contribution is 5.55. The van der Waals surface area contributed by atoms with Crippen LogP contribution in [0.4, 0.5) is 11.6 Å². The molecule has 3 fully saturated rings. The van der Waals surface area contributed by atoms with Gasteiger partial charge >= 0.3 is 0 Å². The molecule has 0 spiro atoms. The van der Waals surface area contributed by atoms with Crippen molar-refractivity contribution in [3.05, 3.63) is 11.4 Å². The first-order valence-corrected chi connectivity index (χ1v) is 7.29. The van der Waals surface area contributed by atoms with Crippen molar-refractivity contribution < 1.29 is 0 Å². The van der Waals surface area contributed by atoms with Crippen LogP contribution in [0.15, 0.2) is 0 Å². The topological polar surface area (TPSA) is 67.1 Å². The van der Waals surface area contributed by atoms with Gasteiger partial charge in [0.2, 0.25) is 0 Å². The number of hydrogen-bond acceptors (Lipinski definition) is 5. The third-order valence-electron chi connectivity index (χ3n) is 4.52. The molecule has 0 saturated carbocycles. The van der Waals surface area contributed by atoms with Crippen molar-refractivity contribution in [1.29, 1.82) is 0 Å². The summed E-state index contributed by atoms with van der Waals surface area (Å²) in [6.07, 6.45) is 3.43. The zero-order valence-corrected chi connectivity index (χ0v) is 11.8. The number of nitrogens with two attached hydrogens (primary N) is 1. The quantitative estimate of drug-likeness (QED) is 0.861. The van der Waals surface area contributed by atoms with Crippen LogP contribution in [0, 0.1) is 12.8 Å². The van der Waals surface area contributed by atoms with E-state index in [-0.39, 0.29) is 0 Å². The molecular weight excluding hydrogens is 238 g/mol. The molecule has 1 aromatic heterocycles. The van der Waals surface area contributed by atoms with Crippen molar-refractivity contribution in [3.8, 4) is 0 Å². The molecule has 19 heavy (non-hydrogen) atoms. The second-order valence-corrected chi connectivity index (χ2v) is 5.74. The van der Waals surface area contributed by atoms with Crippen molar-refractivity contribution >= 4 is 11.6 Å². The lowest BCUT2D eigenvalue weighted by Crippen LogP contribution is -2.53. The van der Waals surface area contributed by atoms with E-state index in [0.717, 1.165) is 36.1 Å². The minimum Gasteiger partial charge on any atom is -0.383 e. The number of nitrogens with one attached hydrogen (secondary N) is 1. The highest BCUT2D eigenvalue weighted by Gasteiger charge is 2.34. The summed E-state index contributed by atoms with van der Waals surface area (Å²) < 4.78 is 0. The maximum absolute atomic E-state index is 5.98. The van der Waals surface area contributed by atoms with Crippen molar-refractivity contribution in [1.82, 2.24) is 14.9 Å². The number of aromatic nitrogens is 2. The third kappa shape index (κ3) is 2.39. The van der Waals surface area contributed by atoms with Gasteiger partial charge in [0, 0.05) is 24.6 Å². The molecule has 1 unspecified atom stereocenters. The predicted octanol–water partition coefficient (Wildman–Crippen LogP) is 1.44. The van der Waals surface area contributed by atoms with Crippen molar-refractivity contribution in [2.75, 3.05) is 30.7 Å². The van der Waals surface area contributed by atoms with Crippen LogP contribution in [-0.2, 0) is 6.42 Å². The molecule has 4 rings (SSSR count). The van der Waals surface area contributed by atoms with Crippen LogP contribution >= 0.6 is 0 Å². The highest BCUT2D eigenvalue weighted by atomic mass is 15.2. The van der Waals surface area contributed by atoms with Gasteiger partial charge in [-0.15, -0.1) is 0 Å². The van der Waals surface area contributed by atoms with E-state index < -0.39 is 0 Å². The summed E-state index contributed by atoms with van der Waals surface area (Å²) in [4.78, 5) is 11.5. The molecule has 104 valence electrons. The number of hydrogen-bond donors (Lipinski definition) is 2. The van der Waals surface area contributed by atoms with E-state index in [1.54, 1.807) is 0 Å². The first-order valence-electron chi connectivity index (χ1n) is 7.29. The molecule has 4 heterocycles. The lowest BCUT2D eigenvalue weighted by molar-refractivity contribution is 0.0973. The number of anilines is 2. The number of rotatable bonds is 3. The van der Waals surface area contributed by atoms with Gasteiger partial charge in [-0.2, -0.15) is 0 Å². The molecule has 3 N–H and O–H groups in total. The molecule has 1 aromatic rings. The summed E-state index contributed by atoms with van der Waals surface area (Å²) in [6, 6.07) is 0.514. The molecule has 3 saturated heterocycles. The molecular formula is C14H23N5. The van der Waals surface area contributed by atoms with Crippen LogP contribution in [0.25, 0.3) is 0 Å². The summed E-state index contributed by atoms with van der Waals surface area (Å²) in [7, 11) is 0.